The fourth-order valence-electron chi connectivity index (χ4n) is 10.7. The molecule has 0 spiro atoms. The molecule has 1 heteroatoms. The summed E-state index contributed by atoms with van der Waals surface area (Å²) in [6.07, 6.45) is 0. The van der Waals surface area contributed by atoms with Crippen molar-refractivity contribution in [1.82, 2.24) is 0 Å². The number of rotatable bonds is 4. The average molecular weight is 771 g/mol. The van der Waals surface area contributed by atoms with Crippen LogP contribution in [0.25, 0.3) is 142 Å². The zero-order valence-electron chi connectivity index (χ0n) is 33.0. The first-order valence-electron chi connectivity index (χ1n) is 21.1. The summed E-state index contributed by atoms with van der Waals surface area (Å²) in [6.45, 7) is 0. The smallest absolute Gasteiger partial charge is 0.135 e. The third-order valence-corrected chi connectivity index (χ3v) is 13.5. The highest BCUT2D eigenvalue weighted by molar-refractivity contribution is 6.27. The zero-order chi connectivity index (χ0) is 39.8. The third-order valence-electron chi connectivity index (χ3n) is 13.5. The van der Waals surface area contributed by atoms with Crippen molar-refractivity contribution in [2.75, 3.05) is 0 Å². The molecule has 0 aliphatic carbocycles. The van der Waals surface area contributed by atoms with E-state index in [1.165, 1.54) is 114 Å². The molecule has 0 fully saturated rings. The van der Waals surface area contributed by atoms with Crippen molar-refractivity contribution < 1.29 is 4.42 Å². The van der Waals surface area contributed by atoms with Crippen LogP contribution < -0.4 is 0 Å². The van der Waals surface area contributed by atoms with Crippen molar-refractivity contribution in [3.8, 4) is 44.5 Å². The fraction of sp³-hybridized carbons (Fsp3) is 0. The van der Waals surface area contributed by atoms with Crippen LogP contribution >= 0.6 is 0 Å². The van der Waals surface area contributed by atoms with Gasteiger partial charge < -0.3 is 4.42 Å². The van der Waals surface area contributed by atoms with Gasteiger partial charge in [-0.05, 0) is 156 Å². The highest BCUT2D eigenvalue weighted by Gasteiger charge is 2.19. The molecule has 0 aliphatic rings. The summed E-state index contributed by atoms with van der Waals surface area (Å²) in [5, 5.41) is 20.3. The van der Waals surface area contributed by atoms with Gasteiger partial charge in [0, 0.05) is 10.8 Å². The van der Waals surface area contributed by atoms with Gasteiger partial charge in [0.2, 0.25) is 0 Å². The minimum Gasteiger partial charge on any atom is -0.456 e. The van der Waals surface area contributed by atoms with Gasteiger partial charge in [-0.2, -0.15) is 0 Å². The van der Waals surface area contributed by atoms with E-state index >= 15 is 0 Å². The highest BCUT2D eigenvalue weighted by Crippen LogP contribution is 2.46. The van der Waals surface area contributed by atoms with Gasteiger partial charge in [-0.15, -0.1) is 0 Å². The Kier molecular flexibility index (Phi) is 6.62. The number of hydrogen-bond donors (Lipinski definition) is 0. The van der Waals surface area contributed by atoms with Crippen molar-refractivity contribution in [3.05, 3.63) is 206 Å². The van der Waals surface area contributed by atoms with E-state index in [0.29, 0.717) is 0 Å². The molecule has 14 rings (SSSR count). The van der Waals surface area contributed by atoms with Crippen LogP contribution in [0.4, 0.5) is 0 Å². The van der Waals surface area contributed by atoms with Gasteiger partial charge in [0.05, 0.1) is 0 Å². The second-order valence-corrected chi connectivity index (χ2v) is 16.8. The standard InChI is InChI=1S/C60H34O/c1-2-12-45-41(7-1)31-44(34-53(45)48-27-20-40-18-16-36-9-6-11-38-22-29-51(48)60(40)58(36)38)47-26-23-42(32-52(47)43-24-30-56-54(33-43)49-13-3-4-14-55(49)61-56)46-25-19-39-17-15-35-8-5-10-37-21-28-50(46)59(39)57(35)37/h1-34H. The van der Waals surface area contributed by atoms with E-state index in [-0.39, 0.29) is 0 Å². The quantitative estimate of drug-likeness (QED) is 0.162. The lowest BCUT2D eigenvalue weighted by Gasteiger charge is -2.19. The Hall–Kier alpha value is -8.00. The Morgan fingerprint density at radius 1 is 0.213 bits per heavy atom. The Morgan fingerprint density at radius 2 is 0.705 bits per heavy atom. The molecule has 1 heterocycles. The number of hydrogen-bond acceptors (Lipinski definition) is 1. The van der Waals surface area contributed by atoms with E-state index in [4.69, 9.17) is 4.42 Å². The molecule has 0 bridgehead atoms. The van der Waals surface area contributed by atoms with Crippen LogP contribution in [0.15, 0.2) is 211 Å². The zero-order valence-corrected chi connectivity index (χ0v) is 33.0. The lowest BCUT2D eigenvalue weighted by molar-refractivity contribution is 0.669. The molecule has 13 aromatic carbocycles. The normalized spacial score (nSPS) is 12.3. The van der Waals surface area contributed by atoms with E-state index in [2.05, 4.69) is 200 Å². The average Bonchev–Trinajstić information content (AvgIpc) is 3.70. The monoisotopic (exact) mass is 770 g/mol. The molecule has 0 N–H and O–H groups in total. The van der Waals surface area contributed by atoms with Gasteiger partial charge in [0.1, 0.15) is 11.2 Å². The maximum atomic E-state index is 6.35. The van der Waals surface area contributed by atoms with E-state index in [1.807, 2.05) is 6.07 Å². The first-order chi connectivity index (χ1) is 30.2. The van der Waals surface area contributed by atoms with Crippen molar-refractivity contribution in [3.63, 3.8) is 0 Å². The van der Waals surface area contributed by atoms with Crippen LogP contribution in [-0.4, -0.2) is 0 Å². The van der Waals surface area contributed by atoms with E-state index in [0.717, 1.165) is 27.5 Å². The summed E-state index contributed by atoms with van der Waals surface area (Å²) in [5.41, 5.74) is 11.5. The summed E-state index contributed by atoms with van der Waals surface area (Å²) < 4.78 is 6.35. The molecular formula is C60H34O. The molecule has 280 valence electrons. The summed E-state index contributed by atoms with van der Waals surface area (Å²) in [4.78, 5) is 0. The Morgan fingerprint density at radius 3 is 1.43 bits per heavy atom. The van der Waals surface area contributed by atoms with E-state index < -0.39 is 0 Å². The Labute approximate surface area is 351 Å². The predicted octanol–water partition coefficient (Wildman–Crippen LogP) is 17.2. The van der Waals surface area contributed by atoms with E-state index in [1.54, 1.807) is 0 Å². The maximum absolute atomic E-state index is 6.35. The van der Waals surface area contributed by atoms with Crippen LogP contribution in [0, 0.1) is 0 Å². The summed E-state index contributed by atoms with van der Waals surface area (Å²) >= 11 is 0. The minimum atomic E-state index is 0.899. The number of furan rings is 1. The van der Waals surface area contributed by atoms with Gasteiger partial charge in [-0.3, -0.25) is 0 Å². The SMILES string of the molecule is c1ccc2c(-c3ccc4ccc5cccc6ccc3c4c56)cc(-c3ccc(-c4ccc5ccc6cccc7ccc4c5c67)cc3-c3ccc4oc5ccccc5c4c3)cc2c1. The van der Waals surface area contributed by atoms with Crippen LogP contribution in [0.2, 0.25) is 0 Å². The summed E-state index contributed by atoms with van der Waals surface area (Å²) in [5.74, 6) is 0. The van der Waals surface area contributed by atoms with Crippen molar-refractivity contribution in [2.24, 2.45) is 0 Å². The van der Waals surface area contributed by atoms with Crippen molar-refractivity contribution >= 4 is 97.3 Å². The number of fused-ring (bicyclic) bond motifs is 4. The van der Waals surface area contributed by atoms with Gasteiger partial charge >= 0.3 is 0 Å². The predicted molar refractivity (Wildman–Crippen MR) is 260 cm³/mol. The van der Waals surface area contributed by atoms with Crippen molar-refractivity contribution in [2.45, 2.75) is 0 Å². The fourth-order valence-corrected chi connectivity index (χ4v) is 10.7. The minimum absolute atomic E-state index is 0.899. The van der Waals surface area contributed by atoms with Gasteiger partial charge in [0.15, 0.2) is 0 Å². The second-order valence-electron chi connectivity index (χ2n) is 16.8. The summed E-state index contributed by atoms with van der Waals surface area (Å²) in [7, 11) is 0. The second kappa shape index (κ2) is 12.3. The largest absolute Gasteiger partial charge is 0.456 e. The molecule has 1 aromatic heterocycles. The molecule has 0 unspecified atom stereocenters. The Bertz CT molecular complexity index is 4080. The number of benzene rings is 13. The molecule has 0 saturated carbocycles. The molecule has 0 saturated heterocycles. The molecule has 0 radical (unpaired) electrons. The van der Waals surface area contributed by atoms with Gasteiger partial charge in [0.25, 0.3) is 0 Å². The van der Waals surface area contributed by atoms with Gasteiger partial charge in [-0.1, -0.05) is 170 Å². The lowest BCUT2D eigenvalue weighted by Crippen LogP contribution is -1.92. The highest BCUT2D eigenvalue weighted by atomic mass is 16.3. The molecule has 0 aliphatic heterocycles. The molecular weight excluding hydrogens is 737 g/mol. The van der Waals surface area contributed by atoms with E-state index in [9.17, 15) is 0 Å². The van der Waals surface area contributed by atoms with Crippen molar-refractivity contribution in [1.29, 1.82) is 0 Å². The van der Waals surface area contributed by atoms with Gasteiger partial charge in [-0.25, -0.2) is 0 Å². The number of para-hydroxylation sites is 1. The van der Waals surface area contributed by atoms with Crippen LogP contribution in [0.5, 0.6) is 0 Å². The third kappa shape index (κ3) is 4.72. The lowest BCUT2D eigenvalue weighted by atomic mass is 9.85. The summed E-state index contributed by atoms with van der Waals surface area (Å²) in [6, 6.07) is 76.7. The van der Waals surface area contributed by atoms with Crippen LogP contribution in [0.1, 0.15) is 0 Å². The molecule has 0 amide bonds. The van der Waals surface area contributed by atoms with Crippen LogP contribution in [0.3, 0.4) is 0 Å². The molecule has 14 aromatic rings. The first kappa shape index (κ1) is 32.9. The molecule has 0 atom stereocenters. The molecule has 61 heavy (non-hydrogen) atoms. The first-order valence-corrected chi connectivity index (χ1v) is 21.1. The maximum Gasteiger partial charge on any atom is 0.135 e. The van der Waals surface area contributed by atoms with Crippen LogP contribution in [-0.2, 0) is 0 Å². The topological polar surface area (TPSA) is 13.1 Å². The molecule has 1 nitrogen and oxygen atoms in total. The Balaban J connectivity index is 1.04.